The molecule has 0 aliphatic rings. The van der Waals surface area contributed by atoms with Gasteiger partial charge < -0.3 is 15.9 Å². The zero-order chi connectivity index (χ0) is 8.91. The summed E-state index contributed by atoms with van der Waals surface area (Å²) in [5.74, 6) is -1.89. The topological polar surface area (TPSA) is 92.5 Å². The molecule has 7 heteroatoms. The Morgan fingerprint density at radius 2 is 2.00 bits per heavy atom. The van der Waals surface area contributed by atoms with E-state index in [0.29, 0.717) is 5.75 Å². The van der Waals surface area contributed by atoms with Gasteiger partial charge in [0.1, 0.15) is 0 Å². The van der Waals surface area contributed by atoms with Gasteiger partial charge in [-0.05, 0) is 5.94 Å². The molecule has 0 aromatic carbocycles. The van der Waals surface area contributed by atoms with E-state index in [1.807, 2.05) is 0 Å². The minimum absolute atomic E-state index is 0.0321. The molecule has 1 unspecified atom stereocenters. The molecule has 0 aromatic heterocycles. The van der Waals surface area contributed by atoms with Gasteiger partial charge in [-0.15, -0.1) is 0 Å². The summed E-state index contributed by atoms with van der Waals surface area (Å²) in [5.41, 5.74) is 10.1. The number of rotatable bonds is 5. The quantitative estimate of drug-likeness (QED) is 0.183. The summed E-state index contributed by atoms with van der Waals surface area (Å²) in [7, 11) is 7.80. The van der Waals surface area contributed by atoms with Gasteiger partial charge in [-0.2, -0.15) is 0 Å². The highest BCUT2D eigenvalue weighted by atomic mass is 33.1. The Kier molecular flexibility index (Phi) is 5.58. The highest BCUT2D eigenvalue weighted by Crippen LogP contribution is 2.22. The van der Waals surface area contributed by atoms with E-state index in [4.69, 9.17) is 29.5 Å². The summed E-state index contributed by atoms with van der Waals surface area (Å²) in [6.45, 7) is 0. The Morgan fingerprint density at radius 1 is 1.45 bits per heavy atom. The van der Waals surface area contributed by atoms with Gasteiger partial charge in [0.25, 0.3) is 0 Å². The van der Waals surface area contributed by atoms with E-state index in [2.05, 4.69) is 0 Å². The minimum Gasteiger partial charge on any atom is -0.353 e. The van der Waals surface area contributed by atoms with E-state index in [0.717, 1.165) is 0 Å². The Bertz CT molecular complexity index is 109. The maximum Gasteiger partial charge on any atom is 0.230 e. The number of nitrogens with two attached hydrogens (primary N) is 2. The second kappa shape index (κ2) is 5.29. The van der Waals surface area contributed by atoms with Gasteiger partial charge in [-0.1, -0.05) is 21.6 Å². The van der Waals surface area contributed by atoms with E-state index in [1.165, 1.54) is 21.6 Å². The van der Waals surface area contributed by atoms with Crippen molar-refractivity contribution in [3.05, 3.63) is 0 Å². The van der Waals surface area contributed by atoms with Crippen LogP contribution in [0.2, 0.25) is 0 Å². The van der Waals surface area contributed by atoms with Gasteiger partial charge in [0.2, 0.25) is 5.91 Å². The predicted octanol–water partition coefficient (Wildman–Crippen LogP) is -1.58. The Morgan fingerprint density at radius 3 is 2.36 bits per heavy atom. The molecule has 2 radical (unpaired) electrons. The van der Waals surface area contributed by atoms with Crippen molar-refractivity contribution >= 4 is 29.4 Å². The van der Waals surface area contributed by atoms with Crippen molar-refractivity contribution in [3.8, 4) is 0 Å². The number of aliphatic hydroxyl groups is 2. The van der Waals surface area contributed by atoms with Crippen molar-refractivity contribution in [1.82, 2.24) is 0 Å². The Hall–Kier alpha value is 0.605. The average Bonchev–Trinajstić information content (AvgIpc) is 1.78. The van der Waals surface area contributed by atoms with Crippen LogP contribution in [-0.4, -0.2) is 41.4 Å². The molecule has 11 heavy (non-hydrogen) atoms. The van der Waals surface area contributed by atoms with E-state index < -0.39 is 5.91 Å². The lowest BCUT2D eigenvalue weighted by atomic mass is 10.0. The van der Waals surface area contributed by atoms with Crippen molar-refractivity contribution in [2.75, 3.05) is 11.5 Å². The van der Waals surface area contributed by atoms with E-state index in [-0.39, 0.29) is 11.7 Å². The van der Waals surface area contributed by atoms with Gasteiger partial charge >= 0.3 is 0 Å². The third kappa shape index (κ3) is 10.6. The molecule has 0 aliphatic heterocycles. The van der Waals surface area contributed by atoms with Gasteiger partial charge in [-0.3, -0.25) is 5.73 Å². The molecule has 0 saturated carbocycles. The lowest BCUT2D eigenvalue weighted by Gasteiger charge is -2.14. The summed E-state index contributed by atoms with van der Waals surface area (Å²) >= 11 is 0. The molecule has 0 bridgehead atoms. The Balaban J connectivity index is 3.15. The van der Waals surface area contributed by atoms with Gasteiger partial charge in [0.05, 0.1) is 13.6 Å². The molecule has 0 fully saturated rings. The predicted molar refractivity (Wildman–Crippen MR) is 50.0 cm³/mol. The summed E-state index contributed by atoms with van der Waals surface area (Å²) in [5, 5.41) is 17.2. The summed E-state index contributed by atoms with van der Waals surface area (Å²) < 4.78 is 0. The first-order chi connectivity index (χ1) is 4.92. The normalized spacial score (nSPS) is 14.9. The third-order valence-corrected chi connectivity index (χ3v) is 3.11. The molecular formula is C4H11BN2O2S2. The van der Waals surface area contributed by atoms with Crippen LogP contribution in [0.25, 0.3) is 0 Å². The molecule has 1 atom stereocenters. The molecule has 64 valence electrons. The van der Waals surface area contributed by atoms with Crippen molar-refractivity contribution in [1.29, 1.82) is 0 Å². The zero-order valence-corrected chi connectivity index (χ0v) is 7.57. The molecule has 0 saturated heterocycles. The van der Waals surface area contributed by atoms with Crippen LogP contribution in [0.15, 0.2) is 0 Å². The second-order valence-electron chi connectivity index (χ2n) is 2.09. The fraction of sp³-hybridized carbons (Fsp3) is 1.00. The maximum atomic E-state index is 8.62. The van der Waals surface area contributed by atoms with Crippen LogP contribution < -0.4 is 11.5 Å². The van der Waals surface area contributed by atoms with Gasteiger partial charge in [0, 0.05) is 5.75 Å². The van der Waals surface area contributed by atoms with E-state index in [9.17, 15) is 0 Å². The first kappa shape index (κ1) is 11.6. The van der Waals surface area contributed by atoms with Crippen molar-refractivity contribution in [3.63, 3.8) is 0 Å². The highest BCUT2D eigenvalue weighted by molar-refractivity contribution is 8.76. The summed E-state index contributed by atoms with van der Waals surface area (Å²) in [6.07, 6.45) is 0. The van der Waals surface area contributed by atoms with Crippen LogP contribution in [0.1, 0.15) is 0 Å². The SMILES string of the molecule is [B]C(N)CSSCC(N)(O)O. The lowest BCUT2D eigenvalue weighted by molar-refractivity contribution is -0.133. The molecule has 0 aromatic rings. The molecule has 0 amide bonds. The molecule has 0 rings (SSSR count). The lowest BCUT2D eigenvalue weighted by Crippen LogP contribution is -2.41. The molecule has 0 spiro atoms. The third-order valence-electron chi connectivity index (χ3n) is 0.615. The van der Waals surface area contributed by atoms with Crippen LogP contribution in [0, 0.1) is 0 Å². The van der Waals surface area contributed by atoms with Crippen LogP contribution >= 0.6 is 21.6 Å². The fourth-order valence-corrected chi connectivity index (χ4v) is 2.30. The summed E-state index contributed by atoms with van der Waals surface area (Å²) in [4.78, 5) is 0. The smallest absolute Gasteiger partial charge is 0.230 e. The van der Waals surface area contributed by atoms with Crippen LogP contribution in [0.4, 0.5) is 0 Å². The van der Waals surface area contributed by atoms with Gasteiger partial charge in [-0.25, -0.2) is 0 Å². The molecule has 6 N–H and O–H groups in total. The highest BCUT2D eigenvalue weighted by Gasteiger charge is 2.15. The van der Waals surface area contributed by atoms with Crippen LogP contribution in [0.5, 0.6) is 0 Å². The first-order valence-electron chi connectivity index (χ1n) is 2.91. The molecule has 0 heterocycles. The molecule has 4 nitrogen and oxygen atoms in total. The first-order valence-corrected chi connectivity index (χ1v) is 5.40. The van der Waals surface area contributed by atoms with E-state index in [1.54, 1.807) is 0 Å². The van der Waals surface area contributed by atoms with Gasteiger partial charge in [0.15, 0.2) is 0 Å². The Labute approximate surface area is 74.9 Å². The van der Waals surface area contributed by atoms with E-state index >= 15 is 0 Å². The van der Waals surface area contributed by atoms with Crippen LogP contribution in [-0.2, 0) is 0 Å². The monoisotopic (exact) mass is 194 g/mol. The standard InChI is InChI=1S/C4H11BN2O2S2/c5-3(6)1-10-11-2-4(7,8)9/h3,8-9H,1-2,6-7H2. The minimum atomic E-state index is -2.10. The number of hydrogen-bond donors (Lipinski definition) is 4. The van der Waals surface area contributed by atoms with Crippen molar-refractivity contribution in [2.24, 2.45) is 11.5 Å². The summed E-state index contributed by atoms with van der Waals surface area (Å²) in [6, 6.07) is 0. The second-order valence-corrected chi connectivity index (χ2v) is 4.60. The number of hydrogen-bond acceptors (Lipinski definition) is 6. The van der Waals surface area contributed by atoms with Crippen molar-refractivity contribution in [2.45, 2.75) is 11.9 Å². The molecule has 0 aliphatic carbocycles. The average molecular weight is 194 g/mol. The molecular weight excluding hydrogens is 183 g/mol. The maximum absolute atomic E-state index is 8.62. The van der Waals surface area contributed by atoms with Crippen LogP contribution in [0.3, 0.4) is 0 Å². The fourth-order valence-electron chi connectivity index (χ4n) is 0.255. The van der Waals surface area contributed by atoms with Crippen molar-refractivity contribution < 1.29 is 10.2 Å². The zero-order valence-electron chi connectivity index (χ0n) is 5.93. The largest absolute Gasteiger partial charge is 0.353 e.